The van der Waals surface area contributed by atoms with Gasteiger partial charge in [-0.3, -0.25) is 30.3 Å². The number of nitrogens with two attached hydrogens (primary N) is 1. The van der Waals surface area contributed by atoms with E-state index in [1.165, 1.54) is 77.0 Å². The summed E-state index contributed by atoms with van der Waals surface area (Å²) in [5, 5.41) is 80.6. The highest BCUT2D eigenvalue weighted by Gasteiger charge is 2.27. The van der Waals surface area contributed by atoms with Crippen molar-refractivity contribution in [1.29, 1.82) is 0 Å². The largest absolute Gasteiger partial charge is 0.497 e. The van der Waals surface area contributed by atoms with Gasteiger partial charge in [-0.05, 0) is 99.5 Å². The van der Waals surface area contributed by atoms with E-state index in [0.717, 1.165) is 65.1 Å². The van der Waals surface area contributed by atoms with E-state index in [9.17, 15) is 54.3 Å². The number of aryl methyl sites for hydroxylation is 1. The number of hydrogen-bond acceptors (Lipinski definition) is 27. The molecule has 13 aromatic rings. The molecule has 114 heavy (non-hydrogen) atoms. The summed E-state index contributed by atoms with van der Waals surface area (Å²) < 4.78 is 43.7. The van der Waals surface area contributed by atoms with E-state index in [0.29, 0.717) is 72.2 Å². The number of allylic oxidation sites excluding steroid dienone is 1. The maximum Gasteiger partial charge on any atom is 0.492 e. The Morgan fingerprint density at radius 2 is 0.842 bits per heavy atom. The number of non-ortho nitro benzene ring substituents is 3. The van der Waals surface area contributed by atoms with E-state index in [4.69, 9.17) is 58.6 Å². The van der Waals surface area contributed by atoms with Gasteiger partial charge in [0, 0.05) is 152 Å². The number of anilines is 2. The number of nitrogens with one attached hydrogen (secondary N) is 1. The van der Waals surface area contributed by atoms with E-state index in [2.05, 4.69) is 52.4 Å². The molecule has 1 aliphatic heterocycles. The van der Waals surface area contributed by atoms with Gasteiger partial charge >= 0.3 is 35.9 Å². The molecule has 0 amide bonds. The van der Waals surface area contributed by atoms with Crippen LogP contribution in [0.15, 0.2) is 240 Å². The molecule has 0 spiro atoms. The van der Waals surface area contributed by atoms with Crippen molar-refractivity contribution >= 4 is 124 Å². The number of nitrogens with zero attached hydrogens (tertiary/aromatic N) is 3. The smallest absolute Gasteiger partial charge is 0.492 e. The molecule has 10 aromatic carbocycles. The lowest BCUT2D eigenvalue weighted by molar-refractivity contribution is -0.385. The molecule has 4 heterocycles. The predicted molar refractivity (Wildman–Crippen MR) is 441 cm³/mol. The third-order valence-electron chi connectivity index (χ3n) is 15.9. The first-order valence-electron chi connectivity index (χ1n) is 33.9. The number of rotatable bonds is 9. The second kappa shape index (κ2) is 45.6. The fourth-order valence-electron chi connectivity index (χ4n) is 11.3. The van der Waals surface area contributed by atoms with Crippen LogP contribution in [0, 0.1) is 37.3 Å². The van der Waals surface area contributed by atoms with Crippen LogP contribution in [0.25, 0.3) is 81.9 Å². The van der Waals surface area contributed by atoms with Crippen LogP contribution < -0.4 is 42.9 Å². The van der Waals surface area contributed by atoms with Crippen LogP contribution in [0.1, 0.15) is 52.6 Å². The molecule has 0 fully saturated rings. The Kier molecular flexibility index (Phi) is 37.1. The number of aliphatic hydroxyl groups is 3. The second-order valence-corrected chi connectivity index (χ2v) is 23.9. The highest BCUT2D eigenvalue weighted by Crippen LogP contribution is 2.40. The Balaban J connectivity index is 0.000000283. The number of fused-ring (bicyclic) bond motifs is 11. The first kappa shape index (κ1) is 92.9. The molecule has 0 saturated carbocycles. The van der Waals surface area contributed by atoms with Crippen LogP contribution in [0.5, 0.6) is 11.5 Å². The van der Waals surface area contributed by atoms with E-state index in [1.807, 2.05) is 66.7 Å². The first-order valence-corrected chi connectivity index (χ1v) is 33.9. The average Bonchev–Trinajstić information content (AvgIpc) is 0.752. The third-order valence-corrected chi connectivity index (χ3v) is 15.9. The summed E-state index contributed by atoms with van der Waals surface area (Å²) in [6.07, 6.45) is 2.16. The molecule has 1 aliphatic rings. The maximum atomic E-state index is 12.5. The molecule has 0 radical (unpaired) electrons. The number of nitro benzene ring substituents is 3. The topological polar surface area (TPSA) is 449 Å². The number of aliphatic hydroxyl groups excluding tert-OH is 3. The highest BCUT2D eigenvalue weighted by molar-refractivity contribution is 6.59. The van der Waals surface area contributed by atoms with Crippen molar-refractivity contribution in [2.24, 2.45) is 0 Å². The second-order valence-electron chi connectivity index (χ2n) is 23.9. The Hall–Kier alpha value is -13.5. The fraction of sp³-hybridized carbons (Fsp3) is 0.193. The molecular weight excluding hydrogens is 1480 g/mol. The standard InChI is InChI=1S/C19H17NO2.C15H13NO5.C13H7NO4.C13H9NO2.C9H9NO4.C7H9BO3.2C2H6O.3CH4O/c1-11-10-19(2,3)20-14-9-8-13-12-6-4-5-7-15(12)22-18(21)17(13)16(11)14;1-20-14-6-4-3-5-12(14)11-8-7-10(16(18)19)9-13(11)15(17)21-2;15-13-11-7-8(14(16)17)5-6-9(11)10-3-1-2-4-12(10)18-13;14-8-5-6-9-10-3-1-2-4-12(10)16-13(15)11(9)7-8;1-6-3-4-7(10(12)13)5-8(6)9(11)14-2;1-11-7-5-3-2-4-6(7)8(9)10;2*1-3-2;3*1-2/h4-10,20H,1-3H3;3-9H,1-2H3;1-7H;1-7H,14H2;3-5H,1-2H3;2-5,9-10H,1H3;2*1-2H3;3*2H,1H3. The van der Waals surface area contributed by atoms with Crippen molar-refractivity contribution in [2.45, 2.75) is 33.2 Å². The van der Waals surface area contributed by atoms with Crippen LogP contribution in [0.2, 0.25) is 0 Å². The van der Waals surface area contributed by atoms with E-state index in [1.54, 1.807) is 120 Å². The molecule has 3 aromatic heterocycles. The van der Waals surface area contributed by atoms with Gasteiger partial charge in [0.05, 0.1) is 76.0 Å². The summed E-state index contributed by atoms with van der Waals surface area (Å²) in [5.74, 6) is -0.148. The van der Waals surface area contributed by atoms with Crippen LogP contribution in [-0.4, -0.2) is 143 Å². The van der Waals surface area contributed by atoms with Gasteiger partial charge < -0.3 is 78.1 Å². The van der Waals surface area contributed by atoms with Gasteiger partial charge in [0.1, 0.15) is 28.2 Å². The Bertz CT molecular complexity index is 5680. The molecule has 0 bridgehead atoms. The SMILES string of the molecule is CC1=CC(C)(C)Nc2ccc3c(c21)c(=O)oc1ccccc13.CO.CO.CO.COC.COC.COC(=O)c1cc([N+](=O)[O-])ccc1-c1ccccc1OC.COC(=O)c1cc([N+](=O)[O-])ccc1C.COc1ccccc1B(O)O.Nc1ccc2c(c1)c(=O)oc1ccccc12.O=c1oc2ccccc2c2ccc([N+](=O)[O-])cc12. The number of hydrogen-bond donors (Lipinski definition) is 7. The molecule has 0 saturated heterocycles. The molecular formula is C83H88BN5O25. The number of para-hydroxylation sites is 5. The number of carbonyl (C=O) groups is 2. The van der Waals surface area contributed by atoms with Crippen molar-refractivity contribution in [2.75, 3.05) is 89.3 Å². The summed E-state index contributed by atoms with van der Waals surface area (Å²) in [6.45, 7) is 7.98. The lowest BCUT2D eigenvalue weighted by atomic mass is 9.80. The number of methoxy groups -OCH3 is 6. The van der Waals surface area contributed by atoms with Gasteiger partial charge in [-0.15, -0.1) is 0 Å². The van der Waals surface area contributed by atoms with Crippen LogP contribution >= 0.6 is 0 Å². The zero-order chi connectivity index (χ0) is 85.1. The highest BCUT2D eigenvalue weighted by atomic mass is 16.6. The Labute approximate surface area is 653 Å². The summed E-state index contributed by atoms with van der Waals surface area (Å²) >= 11 is 0. The summed E-state index contributed by atoms with van der Waals surface area (Å²) in [5.41, 5.74) is 11.8. The third kappa shape index (κ3) is 24.2. The lowest BCUT2D eigenvalue weighted by Gasteiger charge is -2.31. The monoisotopic (exact) mass is 1570 g/mol. The van der Waals surface area contributed by atoms with Crippen molar-refractivity contribution < 1.29 is 91.4 Å². The van der Waals surface area contributed by atoms with Crippen LogP contribution in [0.3, 0.4) is 0 Å². The first-order chi connectivity index (χ1) is 54.6. The number of carbonyl (C=O) groups excluding carboxylic acids is 2. The Morgan fingerprint density at radius 1 is 0.447 bits per heavy atom. The van der Waals surface area contributed by atoms with E-state index >= 15 is 0 Å². The molecule has 8 N–H and O–H groups in total. The van der Waals surface area contributed by atoms with Gasteiger partial charge in [0.15, 0.2) is 0 Å². The van der Waals surface area contributed by atoms with Gasteiger partial charge in [-0.1, -0.05) is 115 Å². The molecule has 0 unspecified atom stereocenters. The zero-order valence-electron chi connectivity index (χ0n) is 65.1. The predicted octanol–water partition coefficient (Wildman–Crippen LogP) is 13.4. The summed E-state index contributed by atoms with van der Waals surface area (Å²) in [6, 6.07) is 57.8. The van der Waals surface area contributed by atoms with E-state index in [-0.39, 0.29) is 50.4 Å². The number of ether oxygens (including phenoxy) is 6. The quantitative estimate of drug-likeness (QED) is 0.0134. The van der Waals surface area contributed by atoms with Crippen LogP contribution in [-0.2, 0) is 18.9 Å². The molecule has 30 nitrogen and oxygen atoms in total. The normalized spacial score (nSPS) is 10.8. The Morgan fingerprint density at radius 3 is 1.32 bits per heavy atom. The minimum Gasteiger partial charge on any atom is -0.497 e. The number of esters is 2. The number of nitrogen functional groups attached to an aromatic ring is 1. The molecule has 0 atom stereocenters. The van der Waals surface area contributed by atoms with Gasteiger partial charge in [-0.25, -0.2) is 24.0 Å². The van der Waals surface area contributed by atoms with Crippen molar-refractivity contribution in [1.82, 2.24) is 0 Å². The maximum absolute atomic E-state index is 12.5. The minimum atomic E-state index is -1.47. The molecule has 0 aliphatic carbocycles. The minimum absolute atomic E-state index is 0.115. The lowest BCUT2D eigenvalue weighted by Crippen LogP contribution is -2.31. The average molecular weight is 1570 g/mol. The van der Waals surface area contributed by atoms with Crippen molar-refractivity contribution in [3.05, 3.63) is 296 Å². The van der Waals surface area contributed by atoms with Gasteiger partial charge in [0.25, 0.3) is 17.1 Å². The van der Waals surface area contributed by atoms with Gasteiger partial charge in [-0.2, -0.15) is 0 Å². The van der Waals surface area contributed by atoms with E-state index < -0.39 is 39.5 Å². The van der Waals surface area contributed by atoms with Crippen molar-refractivity contribution in [3.8, 4) is 22.6 Å². The number of benzene rings is 10. The number of nitro groups is 3. The van der Waals surface area contributed by atoms with Crippen molar-refractivity contribution in [3.63, 3.8) is 0 Å². The zero-order valence-corrected chi connectivity index (χ0v) is 65.1. The molecule has 14 rings (SSSR count). The van der Waals surface area contributed by atoms with Crippen LogP contribution in [0.4, 0.5) is 28.4 Å². The molecule has 31 heteroatoms. The summed E-state index contributed by atoms with van der Waals surface area (Å²) in [4.78, 5) is 89.5. The fourth-order valence-corrected chi connectivity index (χ4v) is 11.3. The molecule has 598 valence electrons. The summed E-state index contributed by atoms with van der Waals surface area (Å²) in [7, 11) is 13.5. The van der Waals surface area contributed by atoms with Gasteiger partial charge in [0.2, 0.25) is 0 Å².